The van der Waals surface area contributed by atoms with Crippen LogP contribution in [-0.2, 0) is 0 Å². The van der Waals surface area contributed by atoms with Gasteiger partial charge >= 0.3 is 0 Å². The normalized spacial score (nSPS) is 10.6. The number of anilines is 3. The zero-order valence-corrected chi connectivity index (χ0v) is 15.8. The Morgan fingerprint density at radius 2 is 1.82 bits per heavy atom. The minimum atomic E-state index is -0.981. The van der Waals surface area contributed by atoms with Crippen LogP contribution in [0.3, 0.4) is 0 Å². The Kier molecular flexibility index (Phi) is 5.63. The maximum Gasteiger partial charge on any atom is 0.277 e. The van der Waals surface area contributed by atoms with Gasteiger partial charge in [-0.05, 0) is 56.7 Å². The summed E-state index contributed by atoms with van der Waals surface area (Å²) < 4.78 is 26.5. The molecule has 1 N–H and O–H groups in total. The summed E-state index contributed by atoms with van der Waals surface area (Å²) in [5.74, 6) is -2.06. The van der Waals surface area contributed by atoms with Crippen LogP contribution in [0.5, 0.6) is 0 Å². The first-order valence-corrected chi connectivity index (χ1v) is 8.83. The number of carbonyl (C=O) groups is 1. The molecule has 0 bridgehead atoms. The summed E-state index contributed by atoms with van der Waals surface area (Å²) in [6.45, 7) is 6.05. The van der Waals surface area contributed by atoms with E-state index < -0.39 is 11.6 Å². The van der Waals surface area contributed by atoms with Gasteiger partial charge in [-0.25, -0.2) is 18.7 Å². The Balaban J connectivity index is 1.91. The van der Waals surface area contributed by atoms with Gasteiger partial charge in [-0.2, -0.15) is 0 Å². The molecule has 1 heterocycles. The number of rotatable bonds is 5. The van der Waals surface area contributed by atoms with Crippen molar-refractivity contribution in [1.29, 1.82) is 0 Å². The van der Waals surface area contributed by atoms with Crippen molar-refractivity contribution in [2.75, 3.05) is 16.8 Å². The third-order valence-electron chi connectivity index (χ3n) is 4.12. The molecule has 0 saturated heterocycles. The third kappa shape index (κ3) is 4.31. The van der Waals surface area contributed by atoms with Gasteiger partial charge in [0.1, 0.15) is 5.69 Å². The number of carbonyl (C=O) groups excluding carboxylic acids is 1. The number of halogens is 2. The summed E-state index contributed by atoms with van der Waals surface area (Å²) in [5, 5.41) is 2.81. The molecular weight excluding hydrogens is 362 g/mol. The molecule has 0 aliphatic rings. The third-order valence-corrected chi connectivity index (χ3v) is 4.12. The second kappa shape index (κ2) is 8.12. The number of aryl methyl sites for hydroxylation is 2. The van der Waals surface area contributed by atoms with E-state index in [1.165, 1.54) is 6.07 Å². The average molecular weight is 382 g/mol. The van der Waals surface area contributed by atoms with Gasteiger partial charge in [0.25, 0.3) is 5.91 Å². The molecule has 2 aromatic carbocycles. The van der Waals surface area contributed by atoms with Crippen molar-refractivity contribution in [3.8, 4) is 0 Å². The van der Waals surface area contributed by atoms with E-state index in [9.17, 15) is 13.6 Å². The molecule has 28 heavy (non-hydrogen) atoms. The fourth-order valence-corrected chi connectivity index (χ4v) is 2.81. The highest BCUT2D eigenvalue weighted by Gasteiger charge is 2.19. The summed E-state index contributed by atoms with van der Waals surface area (Å²) in [6.07, 6.45) is 0. The molecule has 0 saturated carbocycles. The van der Waals surface area contributed by atoms with E-state index in [1.807, 2.05) is 38.1 Å². The first kappa shape index (κ1) is 19.4. The van der Waals surface area contributed by atoms with Gasteiger partial charge in [0, 0.05) is 29.7 Å². The van der Waals surface area contributed by atoms with Gasteiger partial charge in [-0.1, -0.05) is 12.1 Å². The highest BCUT2D eigenvalue weighted by Crippen LogP contribution is 2.20. The van der Waals surface area contributed by atoms with Crippen LogP contribution in [0, 0.1) is 25.5 Å². The maximum atomic E-state index is 13.4. The molecule has 5 nitrogen and oxygen atoms in total. The zero-order chi connectivity index (χ0) is 20.3. The van der Waals surface area contributed by atoms with Crippen LogP contribution >= 0.6 is 0 Å². The van der Waals surface area contributed by atoms with E-state index in [-0.39, 0.29) is 23.2 Å². The molecule has 0 unspecified atom stereocenters. The maximum absolute atomic E-state index is 13.4. The summed E-state index contributed by atoms with van der Waals surface area (Å²) in [7, 11) is 0. The molecule has 0 aliphatic heterocycles. The molecule has 0 spiro atoms. The van der Waals surface area contributed by atoms with Gasteiger partial charge in [0.2, 0.25) is 5.95 Å². The molecule has 1 aromatic heterocycles. The SMILES string of the molecule is CCN(C(=O)c1cc(C)nc(Nc2ccc(F)c(F)c2)n1)c1cccc(C)c1. The van der Waals surface area contributed by atoms with Crippen LogP contribution in [0.15, 0.2) is 48.5 Å². The number of nitrogens with zero attached hydrogens (tertiary/aromatic N) is 3. The largest absolute Gasteiger partial charge is 0.324 e. The van der Waals surface area contributed by atoms with Crippen LogP contribution in [-0.4, -0.2) is 22.4 Å². The Morgan fingerprint density at radius 1 is 1.04 bits per heavy atom. The molecule has 3 rings (SSSR count). The number of nitrogens with one attached hydrogen (secondary N) is 1. The minimum absolute atomic E-state index is 0.134. The van der Waals surface area contributed by atoms with Crippen LogP contribution in [0.4, 0.5) is 26.1 Å². The molecule has 7 heteroatoms. The van der Waals surface area contributed by atoms with Crippen molar-refractivity contribution in [2.45, 2.75) is 20.8 Å². The Morgan fingerprint density at radius 3 is 2.50 bits per heavy atom. The second-order valence-corrected chi connectivity index (χ2v) is 6.36. The van der Waals surface area contributed by atoms with Crippen molar-refractivity contribution < 1.29 is 13.6 Å². The molecule has 3 aromatic rings. The average Bonchev–Trinajstić information content (AvgIpc) is 2.65. The lowest BCUT2D eigenvalue weighted by Crippen LogP contribution is -2.31. The molecule has 0 atom stereocenters. The van der Waals surface area contributed by atoms with Crippen molar-refractivity contribution in [2.24, 2.45) is 0 Å². The van der Waals surface area contributed by atoms with Crippen molar-refractivity contribution in [3.05, 3.63) is 77.1 Å². The highest BCUT2D eigenvalue weighted by atomic mass is 19.2. The van der Waals surface area contributed by atoms with Gasteiger partial charge in [0.15, 0.2) is 11.6 Å². The summed E-state index contributed by atoms with van der Waals surface area (Å²) in [5.41, 5.74) is 2.89. The van der Waals surface area contributed by atoms with Crippen LogP contribution in [0.2, 0.25) is 0 Å². The molecule has 0 radical (unpaired) electrons. The topological polar surface area (TPSA) is 58.1 Å². The highest BCUT2D eigenvalue weighted by molar-refractivity contribution is 6.05. The lowest BCUT2D eigenvalue weighted by atomic mass is 10.2. The molecular formula is C21H20F2N4O. The number of amides is 1. The second-order valence-electron chi connectivity index (χ2n) is 6.36. The van der Waals surface area contributed by atoms with Crippen molar-refractivity contribution >= 4 is 23.2 Å². The fraction of sp³-hybridized carbons (Fsp3) is 0.190. The van der Waals surface area contributed by atoms with Gasteiger partial charge in [0.05, 0.1) is 0 Å². The van der Waals surface area contributed by atoms with E-state index in [1.54, 1.807) is 17.9 Å². The van der Waals surface area contributed by atoms with E-state index in [0.29, 0.717) is 12.2 Å². The first-order valence-electron chi connectivity index (χ1n) is 8.83. The fourth-order valence-electron chi connectivity index (χ4n) is 2.81. The summed E-state index contributed by atoms with van der Waals surface area (Å²) in [6, 6.07) is 12.6. The number of benzene rings is 2. The number of hydrogen-bond donors (Lipinski definition) is 1. The zero-order valence-electron chi connectivity index (χ0n) is 15.8. The Labute approximate surface area is 162 Å². The molecule has 144 valence electrons. The van der Waals surface area contributed by atoms with E-state index >= 15 is 0 Å². The molecule has 0 fully saturated rings. The van der Waals surface area contributed by atoms with E-state index in [2.05, 4.69) is 15.3 Å². The number of hydrogen-bond acceptors (Lipinski definition) is 4. The van der Waals surface area contributed by atoms with Crippen LogP contribution < -0.4 is 10.2 Å². The van der Waals surface area contributed by atoms with E-state index in [0.717, 1.165) is 23.4 Å². The summed E-state index contributed by atoms with van der Waals surface area (Å²) in [4.78, 5) is 23.2. The molecule has 0 aliphatic carbocycles. The quantitative estimate of drug-likeness (QED) is 0.690. The van der Waals surface area contributed by atoms with Gasteiger partial charge < -0.3 is 10.2 Å². The summed E-state index contributed by atoms with van der Waals surface area (Å²) >= 11 is 0. The van der Waals surface area contributed by atoms with Crippen LogP contribution in [0.1, 0.15) is 28.7 Å². The molecule has 1 amide bonds. The van der Waals surface area contributed by atoms with Crippen molar-refractivity contribution in [1.82, 2.24) is 9.97 Å². The van der Waals surface area contributed by atoms with Crippen molar-refractivity contribution in [3.63, 3.8) is 0 Å². The minimum Gasteiger partial charge on any atom is -0.324 e. The first-order chi connectivity index (χ1) is 13.4. The van der Waals surface area contributed by atoms with Gasteiger partial charge in [-0.3, -0.25) is 4.79 Å². The van der Waals surface area contributed by atoms with Gasteiger partial charge in [-0.15, -0.1) is 0 Å². The Hall–Kier alpha value is -3.35. The van der Waals surface area contributed by atoms with E-state index in [4.69, 9.17) is 0 Å². The Bertz CT molecular complexity index is 1020. The monoisotopic (exact) mass is 382 g/mol. The standard InChI is InChI=1S/C21H20F2N4O/c1-4-27(16-7-5-6-13(2)10-16)20(28)19-11-14(3)24-21(26-19)25-15-8-9-17(22)18(23)12-15/h5-12H,4H2,1-3H3,(H,24,25,26). The predicted octanol–water partition coefficient (Wildman–Crippen LogP) is 4.78. The lowest BCUT2D eigenvalue weighted by Gasteiger charge is -2.21. The smallest absolute Gasteiger partial charge is 0.277 e. The number of aromatic nitrogens is 2. The van der Waals surface area contributed by atoms with Crippen LogP contribution in [0.25, 0.3) is 0 Å². The predicted molar refractivity (Wildman–Crippen MR) is 105 cm³/mol. The lowest BCUT2D eigenvalue weighted by molar-refractivity contribution is 0.0983.